The summed E-state index contributed by atoms with van der Waals surface area (Å²) in [7, 11) is 0. The number of nitrogens with one attached hydrogen (secondary N) is 1. The molecule has 12 heteroatoms. The van der Waals surface area contributed by atoms with Gasteiger partial charge in [-0.05, 0) is 24.6 Å². The molecule has 0 unspecified atom stereocenters. The second-order valence-corrected chi connectivity index (χ2v) is 7.10. The molecule has 160 valence electrons. The van der Waals surface area contributed by atoms with E-state index in [1.54, 1.807) is 0 Å². The largest absolute Gasteiger partial charge is 0.419 e. The molecule has 2 atom stereocenters. The van der Waals surface area contributed by atoms with Crippen LogP contribution in [0.5, 0.6) is 0 Å². The van der Waals surface area contributed by atoms with Gasteiger partial charge in [0, 0.05) is 18.0 Å². The van der Waals surface area contributed by atoms with Crippen LogP contribution in [0.4, 0.5) is 27.9 Å². The lowest BCUT2D eigenvalue weighted by Gasteiger charge is -2.22. The first-order valence-corrected chi connectivity index (χ1v) is 9.00. The Bertz CT molecular complexity index is 955. The summed E-state index contributed by atoms with van der Waals surface area (Å²) in [4.78, 5) is 33.4. The van der Waals surface area contributed by atoms with E-state index in [2.05, 4.69) is 15.3 Å². The van der Waals surface area contributed by atoms with Gasteiger partial charge in [0.2, 0.25) is 11.9 Å². The minimum absolute atomic E-state index is 0.0906. The monoisotopic (exact) mass is 448 g/mol. The minimum atomic E-state index is -4.92. The molecule has 1 aromatic heterocycles. The maximum atomic E-state index is 13.8. The molecule has 1 N–H and O–H groups in total. The Kier molecular flexibility index (Phi) is 6.20. The van der Waals surface area contributed by atoms with Gasteiger partial charge in [0.05, 0.1) is 23.0 Å². The van der Waals surface area contributed by atoms with Crippen LogP contribution in [0.3, 0.4) is 0 Å². The van der Waals surface area contributed by atoms with Crippen LogP contribution in [0, 0.1) is 11.7 Å². The van der Waals surface area contributed by atoms with Gasteiger partial charge >= 0.3 is 6.18 Å². The third-order valence-electron chi connectivity index (χ3n) is 4.31. The van der Waals surface area contributed by atoms with Gasteiger partial charge in [-0.3, -0.25) is 14.9 Å². The number of rotatable bonds is 6. The van der Waals surface area contributed by atoms with Gasteiger partial charge in [0.1, 0.15) is 18.5 Å². The Labute approximate surface area is 172 Å². The van der Waals surface area contributed by atoms with Gasteiger partial charge in [-0.15, -0.1) is 0 Å². The van der Waals surface area contributed by atoms with Gasteiger partial charge in [0.25, 0.3) is 5.91 Å². The quantitative estimate of drug-likeness (QED) is 0.683. The zero-order valence-electron chi connectivity index (χ0n) is 15.1. The van der Waals surface area contributed by atoms with Crippen LogP contribution < -0.4 is 5.32 Å². The zero-order valence-corrected chi connectivity index (χ0v) is 15.8. The summed E-state index contributed by atoms with van der Waals surface area (Å²) in [5.41, 5.74) is -1.92. The number of alkyl halides is 4. The molecule has 0 radical (unpaired) electrons. The van der Waals surface area contributed by atoms with Crippen LogP contribution in [-0.4, -0.2) is 45.9 Å². The van der Waals surface area contributed by atoms with Gasteiger partial charge in [-0.2, -0.15) is 13.2 Å². The number of aromatic nitrogens is 2. The maximum Gasteiger partial charge on any atom is 0.419 e. The number of amides is 2. The summed E-state index contributed by atoms with van der Waals surface area (Å²) in [6, 6.07) is 1.69. The van der Waals surface area contributed by atoms with Gasteiger partial charge in [-0.25, -0.2) is 18.7 Å². The first kappa shape index (κ1) is 21.9. The van der Waals surface area contributed by atoms with Crippen molar-refractivity contribution in [3.05, 3.63) is 52.6 Å². The lowest BCUT2D eigenvalue weighted by atomic mass is 10.1. The topological polar surface area (TPSA) is 75.2 Å². The van der Waals surface area contributed by atoms with E-state index in [9.17, 15) is 31.5 Å². The summed E-state index contributed by atoms with van der Waals surface area (Å²) < 4.78 is 65.3. The molecule has 0 bridgehead atoms. The molecule has 2 aromatic rings. The molecular formula is C18H14ClF5N4O2. The van der Waals surface area contributed by atoms with Crippen molar-refractivity contribution in [2.45, 2.75) is 18.8 Å². The molecule has 0 spiro atoms. The Hall–Kier alpha value is -2.82. The van der Waals surface area contributed by atoms with Crippen LogP contribution in [0.2, 0.25) is 5.02 Å². The molecule has 1 heterocycles. The molecular weight excluding hydrogens is 435 g/mol. The predicted molar refractivity (Wildman–Crippen MR) is 96.0 cm³/mol. The maximum absolute atomic E-state index is 13.8. The third-order valence-corrected chi connectivity index (χ3v) is 4.50. The molecule has 1 aliphatic rings. The van der Waals surface area contributed by atoms with Crippen LogP contribution in [0.1, 0.15) is 22.3 Å². The highest BCUT2D eigenvalue weighted by Crippen LogP contribution is 2.35. The molecule has 1 aromatic carbocycles. The van der Waals surface area contributed by atoms with Crippen LogP contribution in [0.25, 0.3) is 0 Å². The van der Waals surface area contributed by atoms with Gasteiger partial charge < -0.3 is 4.90 Å². The average molecular weight is 449 g/mol. The summed E-state index contributed by atoms with van der Waals surface area (Å²) >= 11 is 5.64. The van der Waals surface area contributed by atoms with Crippen LogP contribution >= 0.6 is 11.6 Å². The van der Waals surface area contributed by atoms with Crippen molar-refractivity contribution in [1.82, 2.24) is 14.9 Å². The number of hydrogen-bond acceptors (Lipinski definition) is 4. The Morgan fingerprint density at radius 1 is 1.23 bits per heavy atom. The molecule has 0 saturated heterocycles. The summed E-state index contributed by atoms with van der Waals surface area (Å²) in [5, 5.41) is 2.55. The second-order valence-electron chi connectivity index (χ2n) is 6.66. The number of carbonyl (C=O) groups is 2. The van der Waals surface area contributed by atoms with Crippen molar-refractivity contribution in [1.29, 1.82) is 0 Å². The van der Waals surface area contributed by atoms with Crippen LogP contribution in [-0.2, 0) is 11.0 Å². The van der Waals surface area contributed by atoms with E-state index in [-0.39, 0.29) is 23.9 Å². The smallest absolute Gasteiger partial charge is 0.329 e. The highest BCUT2D eigenvalue weighted by atomic mass is 35.5. The SMILES string of the molecule is O=C(CN(C[C@@H]1C[C@@H]1F)C(=O)c1ccc(C(F)(F)F)c(F)c1)Nc1ncc(Cl)cn1. The van der Waals surface area contributed by atoms with Crippen molar-refractivity contribution in [3.63, 3.8) is 0 Å². The van der Waals surface area contributed by atoms with E-state index in [1.165, 1.54) is 12.4 Å². The lowest BCUT2D eigenvalue weighted by Crippen LogP contribution is -2.40. The van der Waals surface area contributed by atoms with E-state index in [0.717, 1.165) is 11.0 Å². The Balaban J connectivity index is 1.75. The Morgan fingerprint density at radius 2 is 1.87 bits per heavy atom. The predicted octanol–water partition coefficient (Wildman–Crippen LogP) is 3.73. The van der Waals surface area contributed by atoms with Crippen molar-refractivity contribution < 1.29 is 31.5 Å². The highest BCUT2D eigenvalue weighted by molar-refractivity contribution is 6.30. The Morgan fingerprint density at radius 3 is 2.40 bits per heavy atom. The first-order valence-electron chi connectivity index (χ1n) is 8.62. The molecule has 1 aliphatic carbocycles. The number of halogens is 6. The molecule has 0 aliphatic heterocycles. The fraction of sp³-hybridized carbons (Fsp3) is 0.333. The van der Waals surface area contributed by atoms with Crippen molar-refractivity contribution in [3.8, 4) is 0 Å². The third kappa shape index (κ3) is 5.41. The molecule has 1 saturated carbocycles. The zero-order chi connectivity index (χ0) is 22.1. The fourth-order valence-electron chi connectivity index (χ4n) is 2.68. The number of carbonyl (C=O) groups excluding carboxylic acids is 2. The van der Waals surface area contributed by atoms with Crippen molar-refractivity contribution >= 4 is 29.4 Å². The summed E-state index contributed by atoms with van der Waals surface area (Å²) in [6.45, 7) is -0.714. The number of benzene rings is 1. The number of anilines is 1. The van der Waals surface area contributed by atoms with E-state index in [0.29, 0.717) is 12.1 Å². The second kappa shape index (κ2) is 8.50. The minimum Gasteiger partial charge on any atom is -0.329 e. The molecule has 1 fully saturated rings. The number of nitrogens with zero attached hydrogens (tertiary/aromatic N) is 3. The van der Waals surface area contributed by atoms with Crippen molar-refractivity contribution in [2.24, 2.45) is 5.92 Å². The standard InChI is InChI=1S/C18H14ClF5N4O2/c19-11-5-25-17(26-6-11)27-15(29)8-28(7-10-4-13(10)20)16(30)9-1-2-12(14(21)3-9)18(22,23)24/h1-3,5-6,10,13H,4,7-8H2,(H,25,26,27,29)/t10-,13-/m0/s1. The number of hydrogen-bond donors (Lipinski definition) is 1. The van der Waals surface area contributed by atoms with Gasteiger partial charge in [-0.1, -0.05) is 11.6 Å². The van der Waals surface area contributed by atoms with E-state index in [1.807, 2.05) is 0 Å². The highest BCUT2D eigenvalue weighted by Gasteiger charge is 2.40. The lowest BCUT2D eigenvalue weighted by molar-refractivity contribution is -0.140. The van der Waals surface area contributed by atoms with E-state index >= 15 is 0 Å². The molecule has 6 nitrogen and oxygen atoms in total. The van der Waals surface area contributed by atoms with Gasteiger partial charge in [0.15, 0.2) is 0 Å². The van der Waals surface area contributed by atoms with Crippen LogP contribution in [0.15, 0.2) is 30.6 Å². The van der Waals surface area contributed by atoms with Crippen molar-refractivity contribution in [2.75, 3.05) is 18.4 Å². The van der Waals surface area contributed by atoms with E-state index < -0.39 is 53.6 Å². The molecule has 30 heavy (non-hydrogen) atoms. The molecule has 3 rings (SSSR count). The fourth-order valence-corrected chi connectivity index (χ4v) is 2.77. The summed E-state index contributed by atoms with van der Waals surface area (Å²) in [6.07, 6.45) is -3.41. The molecule has 2 amide bonds. The summed E-state index contributed by atoms with van der Waals surface area (Å²) in [5.74, 6) is -3.86. The van der Waals surface area contributed by atoms with E-state index in [4.69, 9.17) is 11.6 Å². The average Bonchev–Trinajstić information content (AvgIpc) is 3.36. The first-order chi connectivity index (χ1) is 14.0. The normalized spacial score (nSPS) is 18.1.